The molecule has 0 amide bonds. The zero-order chi connectivity index (χ0) is 24.6. The molecule has 174 valence electrons. The predicted octanol–water partition coefficient (Wildman–Crippen LogP) is 7.97. The van der Waals surface area contributed by atoms with Crippen LogP contribution >= 0.6 is 0 Å². The summed E-state index contributed by atoms with van der Waals surface area (Å²) in [5.41, 5.74) is 9.39. The summed E-state index contributed by atoms with van der Waals surface area (Å²) in [5, 5.41) is 2.36. The van der Waals surface area contributed by atoms with Crippen molar-refractivity contribution in [3.63, 3.8) is 0 Å². The normalized spacial score (nSPS) is 11.2. The molecule has 0 aliphatic rings. The van der Waals surface area contributed by atoms with Crippen LogP contribution in [0.15, 0.2) is 134 Å². The molecule has 0 saturated carbocycles. The molecule has 4 aromatic heterocycles. The van der Waals surface area contributed by atoms with Crippen molar-refractivity contribution in [2.24, 2.45) is 0 Å². The lowest BCUT2D eigenvalue weighted by atomic mass is 10.0. The van der Waals surface area contributed by atoms with Gasteiger partial charge >= 0.3 is 0 Å². The van der Waals surface area contributed by atoms with Gasteiger partial charge in [0, 0.05) is 40.6 Å². The summed E-state index contributed by atoms with van der Waals surface area (Å²) >= 11 is 0. The summed E-state index contributed by atoms with van der Waals surface area (Å²) in [7, 11) is 0. The molecule has 4 nitrogen and oxygen atoms in total. The summed E-state index contributed by atoms with van der Waals surface area (Å²) in [6, 6.07) is 39.8. The average Bonchev–Trinajstić information content (AvgIpc) is 3.32. The number of benzene rings is 3. The second-order valence-electron chi connectivity index (χ2n) is 9.00. The van der Waals surface area contributed by atoms with E-state index in [0.717, 1.165) is 50.4 Å². The smallest absolute Gasteiger partial charge is 0.0899 e. The number of hydrogen-bond acceptors (Lipinski definition) is 3. The lowest BCUT2D eigenvalue weighted by molar-refractivity contribution is 1.17. The van der Waals surface area contributed by atoms with Crippen molar-refractivity contribution in [3.05, 3.63) is 134 Å². The number of aromatic nitrogens is 4. The fraction of sp³-hybridized carbons (Fsp3) is 0. The Labute approximate surface area is 214 Å². The third-order valence-electron chi connectivity index (χ3n) is 6.76. The van der Waals surface area contributed by atoms with E-state index in [1.165, 1.54) is 10.9 Å². The molecule has 0 spiro atoms. The third kappa shape index (κ3) is 3.76. The van der Waals surface area contributed by atoms with Crippen molar-refractivity contribution in [2.75, 3.05) is 0 Å². The van der Waals surface area contributed by atoms with Crippen LogP contribution in [0.4, 0.5) is 0 Å². The molecule has 3 aromatic carbocycles. The van der Waals surface area contributed by atoms with Crippen molar-refractivity contribution >= 4 is 21.8 Å². The third-order valence-corrected chi connectivity index (χ3v) is 6.76. The molecule has 0 unspecified atom stereocenters. The largest absolute Gasteiger partial charge is 0.309 e. The highest BCUT2D eigenvalue weighted by Crippen LogP contribution is 2.33. The van der Waals surface area contributed by atoms with Crippen LogP contribution in [0.1, 0.15) is 0 Å². The Morgan fingerprint density at radius 1 is 0.486 bits per heavy atom. The molecule has 0 atom stereocenters. The topological polar surface area (TPSA) is 43.6 Å². The Kier molecular flexibility index (Phi) is 5.07. The van der Waals surface area contributed by atoms with Gasteiger partial charge in [-0.15, -0.1) is 0 Å². The molecule has 0 fully saturated rings. The molecular formula is C33H22N4. The first-order chi connectivity index (χ1) is 18.3. The minimum Gasteiger partial charge on any atom is -0.309 e. The molecule has 0 bridgehead atoms. The SMILES string of the molecule is c1ccc(-c2cc(-c3ccc(-n4c5ccccc5c5cnccc54)cc3)cc(-c3ccccn3)n2)cc1. The van der Waals surface area contributed by atoms with E-state index in [-0.39, 0.29) is 0 Å². The van der Waals surface area contributed by atoms with Gasteiger partial charge in [0.1, 0.15) is 0 Å². The fourth-order valence-corrected chi connectivity index (χ4v) is 5.00. The number of para-hydroxylation sites is 1. The van der Waals surface area contributed by atoms with Gasteiger partial charge in [0.15, 0.2) is 0 Å². The number of nitrogens with zero attached hydrogens (tertiary/aromatic N) is 4. The fourth-order valence-electron chi connectivity index (χ4n) is 5.00. The summed E-state index contributed by atoms with van der Waals surface area (Å²) in [6.07, 6.45) is 5.61. The van der Waals surface area contributed by atoms with Crippen LogP contribution < -0.4 is 0 Å². The molecule has 0 radical (unpaired) electrons. The lowest BCUT2D eigenvalue weighted by Crippen LogP contribution is -1.95. The molecule has 0 N–H and O–H groups in total. The van der Waals surface area contributed by atoms with Crippen molar-refractivity contribution in [2.45, 2.75) is 0 Å². The Balaban J connectivity index is 1.37. The lowest BCUT2D eigenvalue weighted by Gasteiger charge is -2.12. The molecule has 4 heteroatoms. The van der Waals surface area contributed by atoms with E-state index in [2.05, 4.69) is 93.4 Å². The molecule has 37 heavy (non-hydrogen) atoms. The Hall–Kier alpha value is -5.09. The number of hydrogen-bond donors (Lipinski definition) is 0. The van der Waals surface area contributed by atoms with Crippen LogP contribution in [0.5, 0.6) is 0 Å². The second-order valence-corrected chi connectivity index (χ2v) is 9.00. The summed E-state index contributed by atoms with van der Waals surface area (Å²) in [5.74, 6) is 0. The van der Waals surface area contributed by atoms with E-state index in [9.17, 15) is 0 Å². The quantitative estimate of drug-likeness (QED) is 0.260. The van der Waals surface area contributed by atoms with Gasteiger partial charge in [-0.2, -0.15) is 0 Å². The molecule has 4 heterocycles. The maximum Gasteiger partial charge on any atom is 0.0899 e. The van der Waals surface area contributed by atoms with Gasteiger partial charge in [-0.3, -0.25) is 9.97 Å². The number of rotatable bonds is 4. The Morgan fingerprint density at radius 3 is 2.08 bits per heavy atom. The average molecular weight is 475 g/mol. The van der Waals surface area contributed by atoms with Crippen LogP contribution in [-0.2, 0) is 0 Å². The van der Waals surface area contributed by atoms with Gasteiger partial charge in [-0.05, 0) is 59.7 Å². The van der Waals surface area contributed by atoms with Crippen molar-refractivity contribution in [3.8, 4) is 39.5 Å². The highest BCUT2D eigenvalue weighted by molar-refractivity contribution is 6.08. The van der Waals surface area contributed by atoms with E-state index in [1.54, 1.807) is 0 Å². The van der Waals surface area contributed by atoms with Gasteiger partial charge in [0.25, 0.3) is 0 Å². The first-order valence-corrected chi connectivity index (χ1v) is 12.3. The van der Waals surface area contributed by atoms with Crippen molar-refractivity contribution in [1.29, 1.82) is 0 Å². The predicted molar refractivity (Wildman–Crippen MR) is 150 cm³/mol. The van der Waals surface area contributed by atoms with E-state index in [4.69, 9.17) is 4.98 Å². The number of pyridine rings is 3. The molecule has 0 aliphatic heterocycles. The monoisotopic (exact) mass is 474 g/mol. The molecule has 7 rings (SSSR count). The van der Waals surface area contributed by atoms with Crippen LogP contribution in [-0.4, -0.2) is 19.5 Å². The number of fused-ring (bicyclic) bond motifs is 3. The minimum absolute atomic E-state index is 0.857. The van der Waals surface area contributed by atoms with E-state index >= 15 is 0 Å². The van der Waals surface area contributed by atoms with Crippen LogP contribution in [0, 0.1) is 0 Å². The molecule has 7 aromatic rings. The summed E-state index contributed by atoms with van der Waals surface area (Å²) < 4.78 is 2.30. The first kappa shape index (κ1) is 21.2. The van der Waals surface area contributed by atoms with Crippen molar-refractivity contribution in [1.82, 2.24) is 19.5 Å². The van der Waals surface area contributed by atoms with Crippen LogP contribution in [0.3, 0.4) is 0 Å². The van der Waals surface area contributed by atoms with Gasteiger partial charge in [0.05, 0.1) is 28.1 Å². The Morgan fingerprint density at radius 2 is 1.24 bits per heavy atom. The zero-order valence-electron chi connectivity index (χ0n) is 20.0. The highest BCUT2D eigenvalue weighted by atomic mass is 15.0. The minimum atomic E-state index is 0.857. The molecule has 0 aliphatic carbocycles. The second kappa shape index (κ2) is 8.85. The Bertz CT molecular complexity index is 1740. The maximum atomic E-state index is 4.95. The van der Waals surface area contributed by atoms with E-state index in [1.807, 2.05) is 55.0 Å². The maximum absolute atomic E-state index is 4.95. The standard InChI is InChI=1S/C33H22N4/c1-2-8-24(9-3-1)30-20-25(21-31(36-30)29-11-6-7-18-35-29)23-13-15-26(16-14-23)37-32-12-5-4-10-27(32)28-22-34-19-17-33(28)37/h1-22H. The van der Waals surface area contributed by atoms with E-state index in [0.29, 0.717) is 0 Å². The van der Waals surface area contributed by atoms with Gasteiger partial charge < -0.3 is 4.57 Å². The van der Waals surface area contributed by atoms with Crippen LogP contribution in [0.2, 0.25) is 0 Å². The first-order valence-electron chi connectivity index (χ1n) is 12.3. The van der Waals surface area contributed by atoms with Gasteiger partial charge in [0.2, 0.25) is 0 Å². The van der Waals surface area contributed by atoms with Gasteiger partial charge in [-0.25, -0.2) is 4.98 Å². The summed E-state index contributed by atoms with van der Waals surface area (Å²) in [4.78, 5) is 13.9. The molecular weight excluding hydrogens is 452 g/mol. The zero-order valence-corrected chi connectivity index (χ0v) is 20.0. The molecule has 0 saturated heterocycles. The van der Waals surface area contributed by atoms with E-state index < -0.39 is 0 Å². The van der Waals surface area contributed by atoms with Crippen molar-refractivity contribution < 1.29 is 0 Å². The van der Waals surface area contributed by atoms with Crippen LogP contribution in [0.25, 0.3) is 61.3 Å². The van der Waals surface area contributed by atoms with Gasteiger partial charge in [-0.1, -0.05) is 66.7 Å². The highest BCUT2D eigenvalue weighted by Gasteiger charge is 2.13. The summed E-state index contributed by atoms with van der Waals surface area (Å²) in [6.45, 7) is 0.